The normalized spacial score (nSPS) is 18.7. The van der Waals surface area contributed by atoms with Crippen LogP contribution < -0.4 is 10.2 Å². The number of carbonyl (C=O) groups is 2. The number of ether oxygens (including phenoxy) is 1. The molecule has 0 atom stereocenters. The van der Waals surface area contributed by atoms with Crippen LogP contribution in [0.25, 0.3) is 0 Å². The molecule has 1 aromatic carbocycles. The van der Waals surface area contributed by atoms with Crippen LogP contribution in [0.3, 0.4) is 0 Å². The van der Waals surface area contributed by atoms with Crippen molar-refractivity contribution in [3.05, 3.63) is 29.8 Å². The third kappa shape index (κ3) is 7.63. The van der Waals surface area contributed by atoms with Gasteiger partial charge in [0.1, 0.15) is 0 Å². The Morgan fingerprint density at radius 2 is 1.70 bits per heavy atom. The van der Waals surface area contributed by atoms with Gasteiger partial charge < -0.3 is 15.0 Å². The summed E-state index contributed by atoms with van der Waals surface area (Å²) in [5.74, 6) is 0.0729. The average molecular weight is 418 g/mol. The van der Waals surface area contributed by atoms with Crippen molar-refractivity contribution >= 4 is 18.1 Å². The van der Waals surface area contributed by atoms with E-state index in [0.29, 0.717) is 13.1 Å². The van der Waals surface area contributed by atoms with Gasteiger partial charge in [-0.05, 0) is 63.9 Å². The Morgan fingerprint density at radius 1 is 1.07 bits per heavy atom. The molecule has 2 aliphatic rings. The van der Waals surface area contributed by atoms with Crippen molar-refractivity contribution in [2.24, 2.45) is 0 Å². The van der Waals surface area contributed by atoms with Crippen molar-refractivity contribution < 1.29 is 14.3 Å². The van der Waals surface area contributed by atoms with Crippen LogP contribution >= 0.6 is 0 Å². The van der Waals surface area contributed by atoms with Gasteiger partial charge in [-0.15, -0.1) is 0 Å². The van der Waals surface area contributed by atoms with Gasteiger partial charge in [-0.3, -0.25) is 14.5 Å². The summed E-state index contributed by atoms with van der Waals surface area (Å²) in [5.41, 5.74) is 1.99. The number of nitrogens with zero attached hydrogens (tertiary/aromatic N) is 2. The lowest BCUT2D eigenvalue weighted by Crippen LogP contribution is -2.47. The van der Waals surface area contributed by atoms with Crippen LogP contribution in [0.2, 0.25) is 0 Å². The molecule has 168 valence electrons. The lowest BCUT2D eigenvalue weighted by Gasteiger charge is -2.36. The minimum atomic E-state index is -0.0242. The highest BCUT2D eigenvalue weighted by Crippen LogP contribution is 2.28. The van der Waals surface area contributed by atoms with Crippen LogP contribution in [0.4, 0.5) is 5.69 Å². The van der Waals surface area contributed by atoms with Gasteiger partial charge >= 0.3 is 0 Å². The third-order valence-electron chi connectivity index (χ3n) is 6.01. The fraction of sp³-hybridized carbons (Fsp3) is 0.667. The van der Waals surface area contributed by atoms with Crippen molar-refractivity contribution in [2.45, 2.75) is 64.8 Å². The molecule has 1 heterocycles. The Bertz CT molecular complexity index is 634. The van der Waals surface area contributed by atoms with E-state index >= 15 is 0 Å². The molecule has 6 nitrogen and oxygen atoms in total. The second kappa shape index (κ2) is 12.6. The zero-order valence-corrected chi connectivity index (χ0v) is 19.0. The Kier molecular flexibility index (Phi) is 10.1. The Balaban J connectivity index is 0.000000575. The van der Waals surface area contributed by atoms with Crippen LogP contribution in [-0.4, -0.2) is 62.1 Å². The Hall–Kier alpha value is -2.08. The highest BCUT2D eigenvalue weighted by atomic mass is 16.5. The molecule has 0 radical (unpaired) electrons. The maximum atomic E-state index is 12.6. The SMILES string of the molecule is CCCN1CCN(c2ccc(C(=O)NC3(C)CCCCC3)cc2)CC1.CCOC=O. The number of anilines is 1. The zero-order valence-electron chi connectivity index (χ0n) is 19.0. The van der Waals surface area contributed by atoms with Crippen LogP contribution in [-0.2, 0) is 9.53 Å². The highest BCUT2D eigenvalue weighted by molar-refractivity contribution is 5.95. The van der Waals surface area contributed by atoms with Crippen molar-refractivity contribution in [1.82, 2.24) is 10.2 Å². The Labute approximate surface area is 182 Å². The minimum Gasteiger partial charge on any atom is -0.468 e. The van der Waals surface area contributed by atoms with Gasteiger partial charge in [-0.1, -0.05) is 26.2 Å². The number of benzene rings is 1. The van der Waals surface area contributed by atoms with Gasteiger partial charge in [-0.25, -0.2) is 0 Å². The molecule has 1 amide bonds. The lowest BCUT2D eigenvalue weighted by molar-refractivity contribution is -0.128. The summed E-state index contributed by atoms with van der Waals surface area (Å²) in [5, 5.41) is 3.27. The van der Waals surface area contributed by atoms with E-state index in [9.17, 15) is 9.59 Å². The summed E-state index contributed by atoms with van der Waals surface area (Å²) in [4.78, 5) is 26.7. The van der Waals surface area contributed by atoms with Crippen molar-refractivity contribution in [3.63, 3.8) is 0 Å². The maximum absolute atomic E-state index is 12.6. The van der Waals surface area contributed by atoms with E-state index in [0.717, 1.165) is 44.6 Å². The Morgan fingerprint density at radius 3 is 2.20 bits per heavy atom. The van der Waals surface area contributed by atoms with Gasteiger partial charge in [0.2, 0.25) is 0 Å². The largest absolute Gasteiger partial charge is 0.468 e. The van der Waals surface area contributed by atoms with Crippen molar-refractivity contribution in [1.29, 1.82) is 0 Å². The molecule has 1 saturated heterocycles. The van der Waals surface area contributed by atoms with Gasteiger partial charge in [-0.2, -0.15) is 0 Å². The topological polar surface area (TPSA) is 61.9 Å². The molecule has 1 aromatic rings. The number of rotatable bonds is 7. The molecule has 1 saturated carbocycles. The molecule has 0 spiro atoms. The predicted molar refractivity (Wildman–Crippen MR) is 122 cm³/mol. The second-order valence-electron chi connectivity index (χ2n) is 8.50. The van der Waals surface area contributed by atoms with Gasteiger partial charge in [0.05, 0.1) is 6.61 Å². The first-order valence-electron chi connectivity index (χ1n) is 11.5. The number of amides is 1. The van der Waals surface area contributed by atoms with E-state index in [1.807, 2.05) is 12.1 Å². The highest BCUT2D eigenvalue weighted by Gasteiger charge is 2.28. The molecule has 6 heteroatoms. The van der Waals surface area contributed by atoms with E-state index < -0.39 is 0 Å². The number of nitrogens with one attached hydrogen (secondary N) is 1. The van der Waals surface area contributed by atoms with Crippen LogP contribution in [0.5, 0.6) is 0 Å². The first kappa shape index (κ1) is 24.2. The van der Waals surface area contributed by atoms with Crippen LogP contribution in [0, 0.1) is 0 Å². The summed E-state index contributed by atoms with van der Waals surface area (Å²) in [6.45, 7) is 12.7. The molecular weight excluding hydrogens is 378 g/mol. The number of carbonyl (C=O) groups excluding carboxylic acids is 2. The van der Waals surface area contributed by atoms with E-state index in [-0.39, 0.29) is 11.4 Å². The fourth-order valence-corrected chi connectivity index (χ4v) is 4.24. The quantitative estimate of drug-likeness (QED) is 0.683. The number of hydrogen-bond acceptors (Lipinski definition) is 5. The molecule has 30 heavy (non-hydrogen) atoms. The predicted octanol–water partition coefficient (Wildman–Crippen LogP) is 3.85. The summed E-state index contributed by atoms with van der Waals surface area (Å²) in [7, 11) is 0. The smallest absolute Gasteiger partial charge is 0.293 e. The summed E-state index contributed by atoms with van der Waals surface area (Å²) in [6.07, 6.45) is 7.16. The third-order valence-corrected chi connectivity index (χ3v) is 6.01. The van der Waals surface area contributed by atoms with Gasteiger partial charge in [0.25, 0.3) is 12.4 Å². The van der Waals surface area contributed by atoms with Crippen LogP contribution in [0.15, 0.2) is 24.3 Å². The second-order valence-corrected chi connectivity index (χ2v) is 8.50. The monoisotopic (exact) mass is 417 g/mol. The molecular formula is C24H39N3O3. The first-order valence-corrected chi connectivity index (χ1v) is 11.5. The lowest BCUT2D eigenvalue weighted by atomic mass is 9.83. The molecule has 3 rings (SSSR count). The van der Waals surface area contributed by atoms with E-state index in [2.05, 4.69) is 45.8 Å². The van der Waals surface area contributed by atoms with Crippen molar-refractivity contribution in [3.8, 4) is 0 Å². The molecule has 0 unspecified atom stereocenters. The zero-order chi connectivity index (χ0) is 21.8. The molecule has 1 aliphatic heterocycles. The van der Waals surface area contributed by atoms with Crippen LogP contribution in [0.1, 0.15) is 69.7 Å². The standard InChI is InChI=1S/C21H33N3O.C3H6O2/c1-3-13-23-14-16-24(17-15-23)19-9-7-18(8-10-19)20(25)22-21(2)11-5-4-6-12-21;1-2-5-3-4/h7-10H,3-6,11-17H2,1-2H3,(H,22,25);3H,2H2,1H3. The van der Waals surface area contributed by atoms with Gasteiger partial charge in [0, 0.05) is 43.0 Å². The summed E-state index contributed by atoms with van der Waals surface area (Å²) < 4.78 is 4.15. The fourth-order valence-electron chi connectivity index (χ4n) is 4.24. The molecule has 1 N–H and O–H groups in total. The summed E-state index contributed by atoms with van der Waals surface area (Å²) >= 11 is 0. The van der Waals surface area contributed by atoms with Crippen molar-refractivity contribution in [2.75, 3.05) is 44.2 Å². The minimum absolute atomic E-state index is 0.0242. The maximum Gasteiger partial charge on any atom is 0.293 e. The molecule has 2 fully saturated rings. The van der Waals surface area contributed by atoms with E-state index in [1.165, 1.54) is 37.9 Å². The molecule has 1 aliphatic carbocycles. The van der Waals surface area contributed by atoms with E-state index in [4.69, 9.17) is 0 Å². The molecule has 0 bridgehead atoms. The first-order chi connectivity index (χ1) is 14.5. The average Bonchev–Trinajstić information content (AvgIpc) is 2.76. The number of hydrogen-bond donors (Lipinski definition) is 1. The van der Waals surface area contributed by atoms with Gasteiger partial charge in [0.15, 0.2) is 0 Å². The number of piperazine rings is 1. The van der Waals surface area contributed by atoms with E-state index in [1.54, 1.807) is 6.92 Å². The molecule has 0 aromatic heterocycles. The summed E-state index contributed by atoms with van der Waals surface area (Å²) in [6, 6.07) is 8.17.